The van der Waals surface area contributed by atoms with Gasteiger partial charge in [-0.2, -0.15) is 0 Å². The van der Waals surface area contributed by atoms with Gasteiger partial charge in [-0.3, -0.25) is 0 Å². The van der Waals surface area contributed by atoms with Crippen molar-refractivity contribution in [3.05, 3.63) is 52.9 Å². The molecule has 1 N–H and O–H groups in total. The average molecular weight is 306 g/mol. The molecule has 0 aliphatic heterocycles. The van der Waals surface area contributed by atoms with Gasteiger partial charge in [0.25, 0.3) is 0 Å². The summed E-state index contributed by atoms with van der Waals surface area (Å²) < 4.78 is 32.4. The first-order valence-electron chi connectivity index (χ1n) is 7.03. The van der Waals surface area contributed by atoms with Crippen LogP contribution >= 0.6 is 0 Å². The van der Waals surface area contributed by atoms with Gasteiger partial charge in [-0.1, -0.05) is 29.4 Å². The maximum atomic E-state index is 12.3. The number of sulfonamides is 1. The normalized spacial score (nSPS) is 18.4. The zero-order valence-electron chi connectivity index (χ0n) is 11.9. The lowest BCUT2D eigenvalue weighted by Crippen LogP contribution is -2.31. The second-order valence-electron chi connectivity index (χ2n) is 5.46. The second kappa shape index (κ2) is 5.61. The lowest BCUT2D eigenvalue weighted by atomic mass is 9.88. The van der Waals surface area contributed by atoms with Crippen molar-refractivity contribution < 1.29 is 12.9 Å². The van der Waals surface area contributed by atoms with Crippen molar-refractivity contribution >= 4 is 10.0 Å². The third kappa shape index (κ3) is 3.33. The summed E-state index contributed by atoms with van der Waals surface area (Å²) in [5.41, 5.74) is 3.00. The second-order valence-corrected chi connectivity index (χ2v) is 7.21. The topological polar surface area (TPSA) is 72.2 Å². The van der Waals surface area contributed by atoms with Crippen LogP contribution < -0.4 is 4.72 Å². The summed E-state index contributed by atoms with van der Waals surface area (Å²) in [7, 11) is -3.45. The van der Waals surface area contributed by atoms with Crippen LogP contribution in [0.25, 0.3) is 0 Å². The van der Waals surface area contributed by atoms with E-state index in [4.69, 9.17) is 4.52 Å². The summed E-state index contributed by atoms with van der Waals surface area (Å²) in [5.74, 6) is 0.191. The van der Waals surface area contributed by atoms with Gasteiger partial charge in [0.1, 0.15) is 5.75 Å². The van der Waals surface area contributed by atoms with Crippen LogP contribution in [0.4, 0.5) is 0 Å². The van der Waals surface area contributed by atoms with E-state index in [0.717, 1.165) is 24.8 Å². The molecule has 112 valence electrons. The van der Waals surface area contributed by atoms with Crippen LogP contribution in [0.2, 0.25) is 0 Å². The molecule has 0 amide bonds. The zero-order valence-corrected chi connectivity index (χ0v) is 12.7. The molecule has 5 nitrogen and oxygen atoms in total. The molecule has 1 aromatic carbocycles. The molecule has 1 aliphatic rings. The fourth-order valence-corrected chi connectivity index (χ4v) is 4.08. The molecule has 0 unspecified atom stereocenters. The van der Waals surface area contributed by atoms with Crippen LogP contribution in [0, 0.1) is 6.92 Å². The lowest BCUT2D eigenvalue weighted by Gasteiger charge is -2.25. The molecule has 0 saturated heterocycles. The Hall–Kier alpha value is -1.66. The highest BCUT2D eigenvalue weighted by Gasteiger charge is 2.25. The molecule has 3 rings (SSSR count). The largest absolute Gasteiger partial charge is 0.360 e. The number of benzene rings is 1. The van der Waals surface area contributed by atoms with Crippen LogP contribution in [0.3, 0.4) is 0 Å². The van der Waals surface area contributed by atoms with Crippen molar-refractivity contribution in [1.82, 2.24) is 9.88 Å². The van der Waals surface area contributed by atoms with E-state index in [1.165, 1.54) is 5.56 Å². The standard InChI is InChI=1S/C15H18N2O3S/c1-11-9-13(20-16-11)10-21(18,19)17-15-8-4-6-12-5-2-3-7-14(12)15/h2-3,5,7,9,15,17H,4,6,8,10H2,1H3/t15-/m1/s1. The third-order valence-corrected chi connectivity index (χ3v) is 5.01. The van der Waals surface area contributed by atoms with Gasteiger partial charge in [-0.25, -0.2) is 13.1 Å². The van der Waals surface area contributed by atoms with Crippen molar-refractivity contribution in [3.63, 3.8) is 0 Å². The highest BCUT2D eigenvalue weighted by atomic mass is 32.2. The zero-order chi connectivity index (χ0) is 14.9. The Morgan fingerprint density at radius 1 is 1.38 bits per heavy atom. The fourth-order valence-electron chi connectivity index (χ4n) is 2.81. The predicted octanol–water partition coefficient (Wildman–Crippen LogP) is 2.48. The molecule has 0 radical (unpaired) electrons. The fraction of sp³-hybridized carbons (Fsp3) is 0.400. The highest BCUT2D eigenvalue weighted by Crippen LogP contribution is 2.30. The first kappa shape index (κ1) is 14.3. The Kier molecular flexibility index (Phi) is 3.82. The highest BCUT2D eigenvalue weighted by molar-refractivity contribution is 7.88. The molecular weight excluding hydrogens is 288 g/mol. The van der Waals surface area contributed by atoms with Crippen molar-refractivity contribution in [2.24, 2.45) is 0 Å². The van der Waals surface area contributed by atoms with Gasteiger partial charge in [0.2, 0.25) is 10.0 Å². The van der Waals surface area contributed by atoms with Crippen molar-refractivity contribution in [2.75, 3.05) is 0 Å². The van der Waals surface area contributed by atoms with Crippen LogP contribution in [-0.4, -0.2) is 13.6 Å². The number of aryl methyl sites for hydroxylation is 2. The van der Waals surface area contributed by atoms with Gasteiger partial charge in [-0.05, 0) is 37.3 Å². The number of hydrogen-bond donors (Lipinski definition) is 1. The number of hydrogen-bond acceptors (Lipinski definition) is 4. The molecular formula is C15H18N2O3S. The Morgan fingerprint density at radius 2 is 2.19 bits per heavy atom. The quantitative estimate of drug-likeness (QED) is 0.942. The molecule has 1 atom stereocenters. The molecule has 0 spiro atoms. The van der Waals surface area contributed by atoms with E-state index >= 15 is 0 Å². The Labute approximate surface area is 124 Å². The molecule has 2 aromatic rings. The number of rotatable bonds is 4. The van der Waals surface area contributed by atoms with E-state index in [-0.39, 0.29) is 11.8 Å². The summed E-state index contributed by atoms with van der Waals surface area (Å²) in [6.07, 6.45) is 2.83. The Morgan fingerprint density at radius 3 is 2.95 bits per heavy atom. The molecule has 1 aromatic heterocycles. The van der Waals surface area contributed by atoms with E-state index in [2.05, 4.69) is 15.9 Å². The van der Waals surface area contributed by atoms with Crippen LogP contribution in [-0.2, 0) is 22.2 Å². The summed E-state index contributed by atoms with van der Waals surface area (Å²) >= 11 is 0. The smallest absolute Gasteiger partial charge is 0.219 e. The van der Waals surface area contributed by atoms with E-state index in [1.807, 2.05) is 18.2 Å². The van der Waals surface area contributed by atoms with Gasteiger partial charge in [0, 0.05) is 12.1 Å². The molecule has 0 saturated carbocycles. The first-order chi connectivity index (χ1) is 10.0. The lowest BCUT2D eigenvalue weighted by molar-refractivity contribution is 0.387. The number of nitrogens with one attached hydrogen (secondary N) is 1. The number of nitrogens with zero attached hydrogens (tertiary/aromatic N) is 1. The van der Waals surface area contributed by atoms with E-state index < -0.39 is 10.0 Å². The van der Waals surface area contributed by atoms with Crippen molar-refractivity contribution in [2.45, 2.75) is 38.0 Å². The van der Waals surface area contributed by atoms with Gasteiger partial charge < -0.3 is 4.52 Å². The van der Waals surface area contributed by atoms with Crippen molar-refractivity contribution in [3.8, 4) is 0 Å². The molecule has 6 heteroatoms. The van der Waals surface area contributed by atoms with Gasteiger partial charge in [0.15, 0.2) is 5.76 Å². The number of aromatic nitrogens is 1. The van der Waals surface area contributed by atoms with Gasteiger partial charge in [-0.15, -0.1) is 0 Å². The third-order valence-electron chi connectivity index (χ3n) is 3.70. The molecule has 1 heterocycles. The summed E-state index contributed by atoms with van der Waals surface area (Å²) in [6.45, 7) is 1.77. The molecule has 0 fully saturated rings. The van der Waals surface area contributed by atoms with E-state index in [1.54, 1.807) is 13.0 Å². The number of fused-ring (bicyclic) bond motifs is 1. The first-order valence-corrected chi connectivity index (χ1v) is 8.69. The Bertz CT molecular complexity index is 737. The maximum Gasteiger partial charge on any atom is 0.219 e. The summed E-state index contributed by atoms with van der Waals surface area (Å²) in [5, 5.41) is 3.72. The van der Waals surface area contributed by atoms with Crippen LogP contribution in [0.15, 0.2) is 34.9 Å². The minimum Gasteiger partial charge on any atom is -0.360 e. The average Bonchev–Trinajstić information content (AvgIpc) is 2.83. The molecule has 1 aliphatic carbocycles. The van der Waals surface area contributed by atoms with E-state index in [0.29, 0.717) is 11.5 Å². The molecule has 0 bridgehead atoms. The van der Waals surface area contributed by atoms with Crippen molar-refractivity contribution in [1.29, 1.82) is 0 Å². The monoisotopic (exact) mass is 306 g/mol. The minimum atomic E-state index is -3.45. The van der Waals surface area contributed by atoms with E-state index in [9.17, 15) is 8.42 Å². The Balaban J connectivity index is 1.77. The maximum absolute atomic E-state index is 12.3. The van der Waals surface area contributed by atoms with Crippen LogP contribution in [0.5, 0.6) is 0 Å². The molecule has 21 heavy (non-hydrogen) atoms. The van der Waals surface area contributed by atoms with Crippen LogP contribution in [0.1, 0.15) is 41.5 Å². The summed E-state index contributed by atoms with van der Waals surface area (Å²) in [4.78, 5) is 0. The predicted molar refractivity (Wildman–Crippen MR) is 79.1 cm³/mol. The minimum absolute atomic E-state index is 0.149. The van der Waals surface area contributed by atoms with Gasteiger partial charge in [0.05, 0.1) is 5.69 Å². The van der Waals surface area contributed by atoms with Gasteiger partial charge >= 0.3 is 0 Å². The summed E-state index contributed by atoms with van der Waals surface area (Å²) in [6, 6.07) is 9.51. The SMILES string of the molecule is Cc1cc(CS(=O)(=O)N[C@@H]2CCCc3ccccc32)on1.